The number of esters is 1. The predicted octanol–water partition coefficient (Wildman–Crippen LogP) is 2.92. The fourth-order valence-corrected chi connectivity index (χ4v) is 3.22. The Hall–Kier alpha value is -2.80. The first-order valence-corrected chi connectivity index (χ1v) is 8.69. The number of amides is 2. The summed E-state index contributed by atoms with van der Waals surface area (Å²) in [7, 11) is 0. The fraction of sp³-hybridized carbons (Fsp3) is 0.167. The highest BCUT2D eigenvalue weighted by atomic mass is 32.2. The first-order chi connectivity index (χ1) is 12.1. The summed E-state index contributed by atoms with van der Waals surface area (Å²) in [4.78, 5) is 36.5. The standard InChI is InChI=1S/C18H16N2O4S/c21-16-8-9-25-15-7-6-12(10-14(15)20-16)18(23)24-11-17(22)19-13-4-2-1-3-5-13/h1-7,10H,8-9,11H2,(H,19,22)(H,20,21). The quantitative estimate of drug-likeness (QED) is 0.823. The van der Waals surface area contributed by atoms with Gasteiger partial charge in [0.25, 0.3) is 5.91 Å². The van der Waals surface area contributed by atoms with Crippen LogP contribution in [0.25, 0.3) is 0 Å². The van der Waals surface area contributed by atoms with Crippen LogP contribution in [0.5, 0.6) is 0 Å². The van der Waals surface area contributed by atoms with Crippen LogP contribution in [0.15, 0.2) is 53.4 Å². The van der Waals surface area contributed by atoms with Crippen molar-refractivity contribution in [3.05, 3.63) is 54.1 Å². The van der Waals surface area contributed by atoms with Crippen molar-refractivity contribution in [1.29, 1.82) is 0 Å². The van der Waals surface area contributed by atoms with Crippen LogP contribution in [0.1, 0.15) is 16.8 Å². The maximum atomic E-state index is 12.1. The first kappa shape index (κ1) is 17.0. The number of hydrogen-bond donors (Lipinski definition) is 2. The van der Waals surface area contributed by atoms with E-state index in [0.29, 0.717) is 23.5 Å². The molecule has 0 radical (unpaired) electrons. The van der Waals surface area contributed by atoms with E-state index in [9.17, 15) is 14.4 Å². The van der Waals surface area contributed by atoms with Gasteiger partial charge in [0.05, 0.1) is 11.3 Å². The number of nitrogens with one attached hydrogen (secondary N) is 2. The number of benzene rings is 2. The lowest BCUT2D eigenvalue weighted by Gasteiger charge is -2.09. The third-order valence-corrected chi connectivity index (χ3v) is 4.54. The molecule has 0 fully saturated rings. The molecule has 2 N–H and O–H groups in total. The van der Waals surface area contributed by atoms with Crippen LogP contribution in [0, 0.1) is 0 Å². The average Bonchev–Trinajstić information content (AvgIpc) is 2.80. The molecule has 3 rings (SSSR count). The van der Waals surface area contributed by atoms with Crippen molar-refractivity contribution < 1.29 is 19.1 Å². The molecule has 2 aromatic carbocycles. The van der Waals surface area contributed by atoms with Crippen molar-refractivity contribution in [3.8, 4) is 0 Å². The average molecular weight is 356 g/mol. The lowest BCUT2D eigenvalue weighted by molar-refractivity contribution is -0.119. The second-order valence-corrected chi connectivity index (χ2v) is 6.48. The molecule has 2 amide bonds. The molecular formula is C18H16N2O4S. The van der Waals surface area contributed by atoms with E-state index in [2.05, 4.69) is 10.6 Å². The van der Waals surface area contributed by atoms with Gasteiger partial charge in [-0.1, -0.05) is 18.2 Å². The normalized spacial score (nSPS) is 13.2. The smallest absolute Gasteiger partial charge is 0.338 e. The number of rotatable bonds is 4. The second-order valence-electron chi connectivity index (χ2n) is 5.35. The van der Waals surface area contributed by atoms with E-state index < -0.39 is 11.9 Å². The maximum absolute atomic E-state index is 12.1. The van der Waals surface area contributed by atoms with E-state index in [0.717, 1.165) is 4.90 Å². The molecule has 0 saturated carbocycles. The summed E-state index contributed by atoms with van der Waals surface area (Å²) >= 11 is 1.55. The predicted molar refractivity (Wildman–Crippen MR) is 95.8 cm³/mol. The summed E-state index contributed by atoms with van der Waals surface area (Å²) in [6.07, 6.45) is 0.429. The Morgan fingerprint density at radius 3 is 2.76 bits per heavy atom. The zero-order chi connectivity index (χ0) is 17.6. The van der Waals surface area contributed by atoms with Gasteiger partial charge in [-0.15, -0.1) is 11.8 Å². The number of thioether (sulfide) groups is 1. The van der Waals surface area contributed by atoms with Crippen molar-refractivity contribution in [2.24, 2.45) is 0 Å². The van der Waals surface area contributed by atoms with E-state index in [1.807, 2.05) is 6.07 Å². The van der Waals surface area contributed by atoms with Gasteiger partial charge in [0.2, 0.25) is 5.91 Å². The van der Waals surface area contributed by atoms with Gasteiger partial charge < -0.3 is 15.4 Å². The van der Waals surface area contributed by atoms with Gasteiger partial charge in [0.1, 0.15) is 0 Å². The highest BCUT2D eigenvalue weighted by Crippen LogP contribution is 2.31. The van der Waals surface area contributed by atoms with Crippen molar-refractivity contribution in [2.45, 2.75) is 11.3 Å². The lowest BCUT2D eigenvalue weighted by atomic mass is 10.2. The Labute approximate surface area is 148 Å². The molecule has 7 heteroatoms. The molecule has 1 aliphatic rings. The van der Waals surface area contributed by atoms with Crippen LogP contribution < -0.4 is 10.6 Å². The van der Waals surface area contributed by atoms with Gasteiger partial charge in [-0.2, -0.15) is 0 Å². The molecule has 25 heavy (non-hydrogen) atoms. The first-order valence-electron chi connectivity index (χ1n) is 7.70. The summed E-state index contributed by atoms with van der Waals surface area (Å²) in [6, 6.07) is 13.9. The second kappa shape index (κ2) is 7.85. The topological polar surface area (TPSA) is 84.5 Å². The van der Waals surface area contributed by atoms with E-state index in [1.165, 1.54) is 0 Å². The summed E-state index contributed by atoms with van der Waals surface area (Å²) in [5.74, 6) is -0.422. The Morgan fingerprint density at radius 1 is 1.16 bits per heavy atom. The van der Waals surface area contributed by atoms with Gasteiger partial charge in [0, 0.05) is 22.8 Å². The van der Waals surface area contributed by atoms with Crippen LogP contribution in [0.3, 0.4) is 0 Å². The Kier molecular flexibility index (Phi) is 5.35. The zero-order valence-corrected chi connectivity index (χ0v) is 14.1. The number of para-hydroxylation sites is 1. The number of carbonyl (C=O) groups excluding carboxylic acids is 3. The third-order valence-electron chi connectivity index (χ3n) is 3.47. The van der Waals surface area contributed by atoms with Crippen molar-refractivity contribution in [2.75, 3.05) is 23.0 Å². The third kappa shape index (κ3) is 4.60. The van der Waals surface area contributed by atoms with Crippen LogP contribution in [-0.4, -0.2) is 30.1 Å². The minimum Gasteiger partial charge on any atom is -0.452 e. The fourth-order valence-electron chi connectivity index (χ4n) is 2.28. The number of anilines is 2. The van der Waals surface area contributed by atoms with Gasteiger partial charge in [-0.05, 0) is 30.3 Å². The minimum atomic E-state index is -0.616. The molecule has 1 heterocycles. The van der Waals surface area contributed by atoms with E-state index in [1.54, 1.807) is 54.2 Å². The summed E-state index contributed by atoms with van der Waals surface area (Å²) < 4.78 is 5.04. The molecule has 2 aromatic rings. The van der Waals surface area contributed by atoms with Gasteiger partial charge in [-0.25, -0.2) is 4.79 Å². The molecule has 0 aromatic heterocycles. The molecule has 0 atom stereocenters. The van der Waals surface area contributed by atoms with Crippen LogP contribution in [0.4, 0.5) is 11.4 Å². The Balaban J connectivity index is 1.60. The lowest BCUT2D eigenvalue weighted by Crippen LogP contribution is -2.21. The molecule has 0 bridgehead atoms. The molecule has 0 spiro atoms. The van der Waals surface area contributed by atoms with E-state index >= 15 is 0 Å². The van der Waals surface area contributed by atoms with E-state index in [-0.39, 0.29) is 18.1 Å². The van der Waals surface area contributed by atoms with Gasteiger partial charge >= 0.3 is 5.97 Å². The number of fused-ring (bicyclic) bond motifs is 1. The SMILES string of the molecule is O=C(COC(=O)c1ccc2c(c1)NC(=O)CCS2)Nc1ccccc1. The molecule has 0 unspecified atom stereocenters. The maximum Gasteiger partial charge on any atom is 0.338 e. The van der Waals surface area contributed by atoms with Crippen LogP contribution >= 0.6 is 11.8 Å². The van der Waals surface area contributed by atoms with Crippen molar-refractivity contribution in [3.63, 3.8) is 0 Å². The van der Waals surface area contributed by atoms with E-state index in [4.69, 9.17) is 4.74 Å². The summed E-state index contributed by atoms with van der Waals surface area (Å²) in [5, 5.41) is 5.40. The molecule has 128 valence electrons. The molecular weight excluding hydrogens is 340 g/mol. The number of hydrogen-bond acceptors (Lipinski definition) is 5. The zero-order valence-electron chi connectivity index (χ0n) is 13.3. The highest BCUT2D eigenvalue weighted by Gasteiger charge is 2.17. The van der Waals surface area contributed by atoms with Crippen molar-refractivity contribution >= 4 is 40.9 Å². The Morgan fingerprint density at radius 2 is 1.96 bits per heavy atom. The number of carbonyl (C=O) groups is 3. The van der Waals surface area contributed by atoms with Crippen molar-refractivity contribution in [1.82, 2.24) is 0 Å². The minimum absolute atomic E-state index is 0.0843. The monoisotopic (exact) mass is 356 g/mol. The molecule has 1 aliphatic heterocycles. The summed E-state index contributed by atoms with van der Waals surface area (Å²) in [5.41, 5.74) is 1.51. The Bertz CT molecular complexity index is 808. The molecule has 6 nitrogen and oxygen atoms in total. The molecule has 0 aliphatic carbocycles. The van der Waals surface area contributed by atoms with Crippen LogP contribution in [0.2, 0.25) is 0 Å². The van der Waals surface area contributed by atoms with Crippen LogP contribution in [-0.2, 0) is 14.3 Å². The summed E-state index contributed by atoms with van der Waals surface area (Å²) in [6.45, 7) is -0.383. The number of ether oxygens (including phenoxy) is 1. The van der Waals surface area contributed by atoms with Gasteiger partial charge in [0.15, 0.2) is 6.61 Å². The van der Waals surface area contributed by atoms with Gasteiger partial charge in [-0.3, -0.25) is 9.59 Å². The largest absolute Gasteiger partial charge is 0.452 e. The highest BCUT2D eigenvalue weighted by molar-refractivity contribution is 7.99. The molecule has 0 saturated heterocycles.